The highest BCUT2D eigenvalue weighted by atomic mass is 127. The quantitative estimate of drug-likeness (QED) is 0.179. The van der Waals surface area contributed by atoms with E-state index in [0.717, 1.165) is 70.3 Å². The summed E-state index contributed by atoms with van der Waals surface area (Å²) in [6.45, 7) is 7.40. The molecule has 1 fully saturated rings. The van der Waals surface area contributed by atoms with Gasteiger partial charge in [-0.15, -0.1) is 24.0 Å². The van der Waals surface area contributed by atoms with Crippen molar-refractivity contribution < 1.29 is 18.6 Å². The van der Waals surface area contributed by atoms with E-state index < -0.39 is 0 Å². The fourth-order valence-electron chi connectivity index (χ4n) is 3.24. The lowest BCUT2D eigenvalue weighted by Gasteiger charge is -2.21. The molecule has 0 radical (unpaired) electrons. The molecule has 33 heavy (non-hydrogen) atoms. The van der Waals surface area contributed by atoms with E-state index in [9.17, 15) is 4.39 Å². The van der Waals surface area contributed by atoms with Gasteiger partial charge in [0.2, 0.25) is 5.88 Å². The number of hydrogen-bond donors (Lipinski definition) is 2. The molecule has 1 aromatic heterocycles. The summed E-state index contributed by atoms with van der Waals surface area (Å²) in [6, 6.07) is 9.55. The Kier molecular flexibility index (Phi) is 13.0. The Hall–Kier alpha value is -1.98. The number of benzene rings is 1. The van der Waals surface area contributed by atoms with Crippen LogP contribution in [0.5, 0.6) is 11.6 Å². The molecule has 1 aromatic carbocycles. The molecule has 2 N–H and O–H groups in total. The van der Waals surface area contributed by atoms with Gasteiger partial charge in [0.15, 0.2) is 5.96 Å². The van der Waals surface area contributed by atoms with Gasteiger partial charge in [-0.1, -0.05) is 6.07 Å². The first-order valence-corrected chi connectivity index (χ1v) is 11.3. The normalized spacial score (nSPS) is 14.4. The number of guanidine groups is 1. The third kappa shape index (κ3) is 10.7. The fourth-order valence-corrected chi connectivity index (χ4v) is 3.24. The second-order valence-corrected chi connectivity index (χ2v) is 7.67. The zero-order valence-electron chi connectivity index (χ0n) is 19.1. The van der Waals surface area contributed by atoms with E-state index in [-0.39, 0.29) is 29.8 Å². The maximum Gasteiger partial charge on any atom is 0.219 e. The van der Waals surface area contributed by atoms with Crippen molar-refractivity contribution >= 4 is 29.9 Å². The first-order chi connectivity index (χ1) is 15.7. The van der Waals surface area contributed by atoms with Crippen LogP contribution in [0.2, 0.25) is 0 Å². The maximum atomic E-state index is 13.0. The Balaban J connectivity index is 0.00000385. The number of aromatic nitrogens is 1. The van der Waals surface area contributed by atoms with Crippen LogP contribution in [-0.4, -0.2) is 50.5 Å². The summed E-state index contributed by atoms with van der Waals surface area (Å²) in [7, 11) is 0. The lowest BCUT2D eigenvalue weighted by molar-refractivity contribution is 0.0203. The summed E-state index contributed by atoms with van der Waals surface area (Å²) in [4.78, 5) is 8.92. The second-order valence-electron chi connectivity index (χ2n) is 7.67. The zero-order valence-corrected chi connectivity index (χ0v) is 21.4. The highest BCUT2D eigenvalue weighted by Gasteiger charge is 2.13. The topological polar surface area (TPSA) is 77.0 Å². The summed E-state index contributed by atoms with van der Waals surface area (Å²) >= 11 is 0. The predicted molar refractivity (Wildman–Crippen MR) is 138 cm³/mol. The molecule has 0 amide bonds. The molecule has 9 heteroatoms. The number of pyridine rings is 1. The van der Waals surface area contributed by atoms with Crippen molar-refractivity contribution in [1.82, 2.24) is 15.6 Å². The van der Waals surface area contributed by atoms with Gasteiger partial charge < -0.3 is 24.8 Å². The number of aliphatic imine (C=N–C) groups is 1. The lowest BCUT2D eigenvalue weighted by Crippen LogP contribution is -2.38. The van der Waals surface area contributed by atoms with Gasteiger partial charge in [0.05, 0.1) is 6.54 Å². The first-order valence-electron chi connectivity index (χ1n) is 11.3. The molecule has 0 spiro atoms. The van der Waals surface area contributed by atoms with Crippen molar-refractivity contribution in [3.05, 3.63) is 54.0 Å². The SMILES string of the molecule is CCNC(=NCc1ccc(Oc2ccc(F)cc2)nc1)NCCCOCC1CCOCC1.I. The van der Waals surface area contributed by atoms with Crippen LogP contribution >= 0.6 is 24.0 Å². The molecule has 7 nitrogen and oxygen atoms in total. The molecule has 3 rings (SSSR count). The molecule has 182 valence electrons. The van der Waals surface area contributed by atoms with Gasteiger partial charge in [0.1, 0.15) is 11.6 Å². The lowest BCUT2D eigenvalue weighted by atomic mass is 10.0. The van der Waals surface area contributed by atoms with Crippen LogP contribution in [0.1, 0.15) is 31.7 Å². The summed E-state index contributed by atoms with van der Waals surface area (Å²) < 4.78 is 29.8. The van der Waals surface area contributed by atoms with Crippen LogP contribution in [0, 0.1) is 11.7 Å². The third-order valence-electron chi connectivity index (χ3n) is 5.05. The third-order valence-corrected chi connectivity index (χ3v) is 5.05. The van der Waals surface area contributed by atoms with Crippen LogP contribution in [0.25, 0.3) is 0 Å². The van der Waals surface area contributed by atoms with Gasteiger partial charge in [-0.25, -0.2) is 14.4 Å². The van der Waals surface area contributed by atoms with Gasteiger partial charge in [-0.3, -0.25) is 0 Å². The van der Waals surface area contributed by atoms with Gasteiger partial charge >= 0.3 is 0 Å². The predicted octanol–water partition coefficient (Wildman–Crippen LogP) is 4.52. The molecule has 1 saturated heterocycles. The van der Waals surface area contributed by atoms with Crippen LogP contribution in [-0.2, 0) is 16.0 Å². The Morgan fingerprint density at radius 2 is 1.94 bits per heavy atom. The Bertz CT molecular complexity index is 815. The molecule has 0 aliphatic carbocycles. The number of ether oxygens (including phenoxy) is 3. The maximum absolute atomic E-state index is 13.0. The van der Waals surface area contributed by atoms with E-state index in [4.69, 9.17) is 14.2 Å². The van der Waals surface area contributed by atoms with Crippen molar-refractivity contribution in [3.8, 4) is 11.6 Å². The smallest absolute Gasteiger partial charge is 0.219 e. The highest BCUT2D eigenvalue weighted by molar-refractivity contribution is 14.0. The number of nitrogens with zero attached hydrogens (tertiary/aromatic N) is 2. The van der Waals surface area contributed by atoms with Gasteiger partial charge in [0, 0.05) is 51.8 Å². The molecular weight excluding hydrogens is 538 g/mol. The molecule has 2 heterocycles. The highest BCUT2D eigenvalue weighted by Crippen LogP contribution is 2.19. The minimum absolute atomic E-state index is 0. The first kappa shape index (κ1) is 27.3. The summed E-state index contributed by atoms with van der Waals surface area (Å²) in [6.07, 6.45) is 4.86. The minimum atomic E-state index is -0.300. The van der Waals surface area contributed by atoms with Crippen molar-refractivity contribution in [2.24, 2.45) is 10.9 Å². The Labute approximate surface area is 212 Å². The zero-order chi connectivity index (χ0) is 22.4. The molecule has 0 unspecified atom stereocenters. The van der Waals surface area contributed by atoms with E-state index in [2.05, 4.69) is 20.6 Å². The molecule has 1 aliphatic heterocycles. The number of hydrogen-bond acceptors (Lipinski definition) is 5. The standard InChI is InChI=1S/C24H33FN4O3.HI/c1-2-26-24(27-12-3-13-31-18-19-10-14-30-15-11-19)29-17-20-4-9-23(28-16-20)32-22-7-5-21(25)6-8-22;/h4-9,16,19H,2-3,10-15,17-18H2,1H3,(H2,26,27,29);1H. The summed E-state index contributed by atoms with van der Waals surface area (Å²) in [5.41, 5.74) is 0.966. The number of rotatable bonds is 11. The largest absolute Gasteiger partial charge is 0.439 e. The van der Waals surface area contributed by atoms with E-state index >= 15 is 0 Å². The van der Waals surface area contributed by atoms with Crippen LogP contribution in [0.3, 0.4) is 0 Å². The van der Waals surface area contributed by atoms with Gasteiger partial charge in [-0.05, 0) is 61.9 Å². The van der Waals surface area contributed by atoms with E-state index in [0.29, 0.717) is 24.1 Å². The molecule has 0 saturated carbocycles. The van der Waals surface area contributed by atoms with Crippen LogP contribution in [0.4, 0.5) is 4.39 Å². The molecule has 1 aliphatic rings. The van der Waals surface area contributed by atoms with E-state index in [1.54, 1.807) is 24.4 Å². The average molecular weight is 572 g/mol. The van der Waals surface area contributed by atoms with Crippen molar-refractivity contribution in [3.63, 3.8) is 0 Å². The van der Waals surface area contributed by atoms with Crippen molar-refractivity contribution in [2.75, 3.05) is 39.5 Å². The van der Waals surface area contributed by atoms with Crippen LogP contribution < -0.4 is 15.4 Å². The van der Waals surface area contributed by atoms with E-state index in [1.165, 1.54) is 12.1 Å². The van der Waals surface area contributed by atoms with E-state index in [1.807, 2.05) is 13.0 Å². The molecule has 2 aromatic rings. The monoisotopic (exact) mass is 572 g/mol. The van der Waals surface area contributed by atoms with Gasteiger partial charge in [0.25, 0.3) is 0 Å². The average Bonchev–Trinajstić information content (AvgIpc) is 2.82. The Morgan fingerprint density at radius 1 is 1.15 bits per heavy atom. The molecule has 0 atom stereocenters. The van der Waals surface area contributed by atoms with Crippen LogP contribution in [0.15, 0.2) is 47.6 Å². The molecular formula is C24H34FIN4O3. The van der Waals surface area contributed by atoms with Gasteiger partial charge in [-0.2, -0.15) is 0 Å². The summed E-state index contributed by atoms with van der Waals surface area (Å²) in [5.74, 6) is 2.10. The van der Waals surface area contributed by atoms with Crippen molar-refractivity contribution in [1.29, 1.82) is 0 Å². The summed E-state index contributed by atoms with van der Waals surface area (Å²) in [5, 5.41) is 6.59. The molecule has 0 bridgehead atoms. The number of nitrogens with one attached hydrogen (secondary N) is 2. The minimum Gasteiger partial charge on any atom is -0.439 e. The van der Waals surface area contributed by atoms with Crippen molar-refractivity contribution in [2.45, 2.75) is 32.7 Å². The number of halogens is 2. The fraction of sp³-hybridized carbons (Fsp3) is 0.500. The second kappa shape index (κ2) is 15.8. The Morgan fingerprint density at radius 3 is 2.64 bits per heavy atom.